The van der Waals surface area contributed by atoms with Crippen LogP contribution in [-0.4, -0.2) is 20.9 Å². The van der Waals surface area contributed by atoms with Crippen LogP contribution >= 0.6 is 23.2 Å². The summed E-state index contributed by atoms with van der Waals surface area (Å²) in [6.45, 7) is -0.265. The number of carboxylic acid groups (broad SMARTS) is 1. The second-order valence-electron chi connectivity index (χ2n) is 5.40. The van der Waals surface area contributed by atoms with E-state index in [9.17, 15) is 9.18 Å². The first-order chi connectivity index (χ1) is 11.5. The average Bonchev–Trinajstić information content (AvgIpc) is 2.86. The number of nitrogens with zero attached hydrogens (tertiary/aromatic N) is 2. The van der Waals surface area contributed by atoms with Gasteiger partial charge in [-0.25, -0.2) is 4.39 Å². The Morgan fingerprint density at radius 2 is 2.00 bits per heavy atom. The van der Waals surface area contributed by atoms with Crippen molar-refractivity contribution in [3.63, 3.8) is 0 Å². The molecule has 0 aliphatic carbocycles. The van der Waals surface area contributed by atoms with Crippen LogP contribution in [0.5, 0.6) is 0 Å². The first-order valence-electron chi connectivity index (χ1n) is 7.18. The largest absolute Gasteiger partial charge is 0.481 e. The monoisotopic (exact) mass is 366 g/mol. The number of carbonyl (C=O) groups is 1. The maximum atomic E-state index is 13.0. The summed E-state index contributed by atoms with van der Waals surface area (Å²) >= 11 is 12.1. The zero-order valence-corrected chi connectivity index (χ0v) is 14.0. The molecule has 1 aromatic heterocycles. The van der Waals surface area contributed by atoms with Crippen LogP contribution in [0.4, 0.5) is 4.39 Å². The fourth-order valence-corrected chi connectivity index (χ4v) is 3.05. The lowest BCUT2D eigenvalue weighted by atomic mass is 10.1. The lowest BCUT2D eigenvalue weighted by Gasteiger charge is -2.07. The van der Waals surface area contributed by atoms with E-state index in [2.05, 4.69) is 5.10 Å². The number of benzene rings is 2. The molecule has 0 spiro atoms. The Bertz CT molecular complexity index is 924. The highest BCUT2D eigenvalue weighted by Crippen LogP contribution is 2.26. The molecule has 124 valence electrons. The number of halogens is 3. The summed E-state index contributed by atoms with van der Waals surface area (Å²) in [7, 11) is 0. The van der Waals surface area contributed by atoms with Gasteiger partial charge in [0.2, 0.25) is 0 Å². The lowest BCUT2D eigenvalue weighted by Crippen LogP contribution is -2.05. The number of alkyl halides is 1. The van der Waals surface area contributed by atoms with Gasteiger partial charge in [0.25, 0.3) is 0 Å². The van der Waals surface area contributed by atoms with Gasteiger partial charge in [-0.1, -0.05) is 41.4 Å². The SMILES string of the molecule is O=C(O)Cc1nn(Cc2ccc(Cl)cc2Cl)c2cc(CF)ccc12. The molecule has 0 fully saturated rings. The predicted molar refractivity (Wildman–Crippen MR) is 91.4 cm³/mol. The van der Waals surface area contributed by atoms with Gasteiger partial charge in [0.1, 0.15) is 6.67 Å². The van der Waals surface area contributed by atoms with Crippen LogP contribution in [0, 0.1) is 0 Å². The van der Waals surface area contributed by atoms with Gasteiger partial charge in [0.15, 0.2) is 0 Å². The Morgan fingerprint density at radius 1 is 1.21 bits per heavy atom. The maximum absolute atomic E-state index is 13.0. The molecule has 24 heavy (non-hydrogen) atoms. The Kier molecular flexibility index (Phi) is 4.73. The van der Waals surface area contributed by atoms with E-state index in [1.807, 2.05) is 0 Å². The summed E-state index contributed by atoms with van der Waals surface area (Å²) in [6.07, 6.45) is -0.202. The van der Waals surface area contributed by atoms with Crippen LogP contribution in [0.25, 0.3) is 10.9 Å². The summed E-state index contributed by atoms with van der Waals surface area (Å²) < 4.78 is 14.6. The maximum Gasteiger partial charge on any atom is 0.309 e. The molecule has 0 atom stereocenters. The minimum absolute atomic E-state index is 0.202. The lowest BCUT2D eigenvalue weighted by molar-refractivity contribution is -0.136. The molecular weight excluding hydrogens is 354 g/mol. The number of fused-ring (bicyclic) bond motifs is 1. The molecule has 0 aliphatic rings. The molecule has 0 bridgehead atoms. The van der Waals surface area contributed by atoms with E-state index in [-0.39, 0.29) is 6.42 Å². The van der Waals surface area contributed by atoms with E-state index in [1.54, 1.807) is 41.1 Å². The van der Waals surface area contributed by atoms with Crippen LogP contribution in [-0.2, 0) is 24.4 Å². The minimum atomic E-state index is -0.972. The molecular formula is C17H13Cl2FN2O2. The van der Waals surface area contributed by atoms with E-state index in [1.165, 1.54) is 0 Å². The van der Waals surface area contributed by atoms with Gasteiger partial charge in [-0.2, -0.15) is 5.10 Å². The second kappa shape index (κ2) is 6.79. The van der Waals surface area contributed by atoms with Crippen LogP contribution < -0.4 is 0 Å². The van der Waals surface area contributed by atoms with E-state index >= 15 is 0 Å². The van der Waals surface area contributed by atoms with Crippen LogP contribution in [0.15, 0.2) is 36.4 Å². The number of aromatic nitrogens is 2. The average molecular weight is 367 g/mol. The van der Waals surface area contributed by atoms with E-state index in [4.69, 9.17) is 28.3 Å². The first kappa shape index (κ1) is 16.7. The van der Waals surface area contributed by atoms with Crippen molar-refractivity contribution < 1.29 is 14.3 Å². The summed E-state index contributed by atoms with van der Waals surface area (Å²) in [5, 5.41) is 15.2. The van der Waals surface area contributed by atoms with Gasteiger partial charge >= 0.3 is 5.97 Å². The van der Waals surface area contributed by atoms with Crippen molar-refractivity contribution in [2.75, 3.05) is 0 Å². The molecule has 0 aliphatic heterocycles. The van der Waals surface area contributed by atoms with Gasteiger partial charge < -0.3 is 5.11 Å². The van der Waals surface area contributed by atoms with Crippen molar-refractivity contribution in [2.24, 2.45) is 0 Å². The van der Waals surface area contributed by atoms with Gasteiger partial charge in [0, 0.05) is 15.4 Å². The smallest absolute Gasteiger partial charge is 0.309 e. The zero-order valence-electron chi connectivity index (χ0n) is 12.5. The van der Waals surface area contributed by atoms with Crippen molar-refractivity contribution in [1.29, 1.82) is 0 Å². The van der Waals surface area contributed by atoms with Gasteiger partial charge in [0.05, 0.1) is 24.2 Å². The van der Waals surface area contributed by atoms with Crippen molar-refractivity contribution in [3.05, 3.63) is 63.3 Å². The van der Waals surface area contributed by atoms with E-state index in [0.717, 1.165) is 5.56 Å². The molecule has 3 aromatic rings. The normalized spacial score (nSPS) is 11.1. The van der Waals surface area contributed by atoms with Crippen molar-refractivity contribution >= 4 is 40.1 Å². The van der Waals surface area contributed by atoms with Crippen molar-refractivity contribution in [1.82, 2.24) is 9.78 Å². The molecule has 0 saturated carbocycles. The molecule has 0 radical (unpaired) electrons. The van der Waals surface area contributed by atoms with Crippen molar-refractivity contribution in [2.45, 2.75) is 19.6 Å². The minimum Gasteiger partial charge on any atom is -0.481 e. The first-order valence-corrected chi connectivity index (χ1v) is 7.93. The van der Waals surface area contributed by atoms with Crippen molar-refractivity contribution in [3.8, 4) is 0 Å². The number of hydrogen-bond acceptors (Lipinski definition) is 2. The van der Waals surface area contributed by atoms with E-state index in [0.29, 0.717) is 38.8 Å². The standard InChI is InChI=1S/C17H13Cl2FN2O2/c18-12-3-2-11(14(19)6-12)9-22-16-5-10(8-20)1-4-13(16)15(21-22)7-17(23)24/h1-6H,7-9H2,(H,23,24). The molecule has 7 heteroatoms. The molecule has 0 amide bonds. The molecule has 1 N–H and O–H groups in total. The topological polar surface area (TPSA) is 55.1 Å². The molecule has 1 heterocycles. The van der Waals surface area contributed by atoms with Crippen LogP contribution in [0.2, 0.25) is 10.0 Å². The van der Waals surface area contributed by atoms with Crippen LogP contribution in [0.1, 0.15) is 16.8 Å². The third kappa shape index (κ3) is 3.37. The Morgan fingerprint density at radius 3 is 2.67 bits per heavy atom. The van der Waals surface area contributed by atoms with E-state index < -0.39 is 12.6 Å². The quantitative estimate of drug-likeness (QED) is 0.723. The number of carboxylic acids is 1. The van der Waals surface area contributed by atoms with Gasteiger partial charge in [-0.3, -0.25) is 9.48 Å². The predicted octanol–water partition coefficient (Wildman–Crippen LogP) is 4.49. The molecule has 0 saturated heterocycles. The fourth-order valence-electron chi connectivity index (χ4n) is 2.58. The summed E-state index contributed by atoms with van der Waals surface area (Å²) in [5.74, 6) is -0.972. The molecule has 3 rings (SSSR count). The fraction of sp³-hybridized carbons (Fsp3) is 0.176. The Hall–Kier alpha value is -2.11. The molecule has 4 nitrogen and oxygen atoms in total. The number of hydrogen-bond donors (Lipinski definition) is 1. The second-order valence-corrected chi connectivity index (χ2v) is 6.24. The van der Waals surface area contributed by atoms with Crippen LogP contribution in [0.3, 0.4) is 0 Å². The Labute approximate surface area is 147 Å². The van der Waals surface area contributed by atoms with Gasteiger partial charge in [-0.05, 0) is 29.3 Å². The summed E-state index contributed by atoms with van der Waals surface area (Å²) in [6, 6.07) is 10.2. The summed E-state index contributed by atoms with van der Waals surface area (Å²) in [4.78, 5) is 11.0. The number of aliphatic carboxylic acids is 1. The highest BCUT2D eigenvalue weighted by Gasteiger charge is 2.15. The van der Waals surface area contributed by atoms with Gasteiger partial charge in [-0.15, -0.1) is 0 Å². The Balaban J connectivity index is 2.09. The summed E-state index contributed by atoms with van der Waals surface area (Å²) in [5.41, 5.74) is 2.41. The third-order valence-electron chi connectivity index (χ3n) is 3.70. The highest BCUT2D eigenvalue weighted by atomic mass is 35.5. The molecule has 0 unspecified atom stereocenters. The number of rotatable bonds is 5. The third-order valence-corrected chi connectivity index (χ3v) is 4.29. The molecule has 2 aromatic carbocycles. The highest BCUT2D eigenvalue weighted by molar-refractivity contribution is 6.35. The zero-order chi connectivity index (χ0) is 17.3.